The fraction of sp³-hybridized carbons (Fsp3) is 0. The van der Waals surface area contributed by atoms with Crippen LogP contribution in [0, 0.1) is 0 Å². The van der Waals surface area contributed by atoms with E-state index >= 15 is 0 Å². The van der Waals surface area contributed by atoms with Crippen molar-refractivity contribution in [1.29, 1.82) is 0 Å². The summed E-state index contributed by atoms with van der Waals surface area (Å²) in [6.07, 6.45) is 14.7. The third-order valence-electron chi connectivity index (χ3n) is 24.5. The van der Waals surface area contributed by atoms with Crippen LogP contribution in [-0.2, 0) is 0 Å². The van der Waals surface area contributed by atoms with Crippen LogP contribution < -0.4 is 0 Å². The van der Waals surface area contributed by atoms with Gasteiger partial charge in [0.05, 0.1) is 67.8 Å². The molecule has 0 bridgehead atoms. The van der Waals surface area contributed by atoms with Crippen molar-refractivity contribution in [2.45, 2.75) is 0 Å². The summed E-state index contributed by atoms with van der Waals surface area (Å²) in [5.41, 5.74) is 36.4. The number of pyridine rings is 7. The molecule has 0 aliphatic carbocycles. The summed E-state index contributed by atoms with van der Waals surface area (Å²) in [5.74, 6) is 1.99. The lowest BCUT2D eigenvalue weighted by atomic mass is 9.98. The van der Waals surface area contributed by atoms with Gasteiger partial charge in [-0.3, -0.25) is 34.9 Å². The van der Waals surface area contributed by atoms with Gasteiger partial charge in [0.1, 0.15) is 0 Å². The summed E-state index contributed by atoms with van der Waals surface area (Å²) >= 11 is 0. The van der Waals surface area contributed by atoms with E-state index < -0.39 is 0 Å². The Kier molecular flexibility index (Phi) is 24.1. The highest BCUT2D eigenvalue weighted by Gasteiger charge is 2.20. The number of aromatic nitrogens is 13. The summed E-state index contributed by atoms with van der Waals surface area (Å²) in [7, 11) is 0. The lowest BCUT2D eigenvalue weighted by Gasteiger charge is -2.12. The molecule has 10 heterocycles. The van der Waals surface area contributed by atoms with Gasteiger partial charge >= 0.3 is 0 Å². The van der Waals surface area contributed by atoms with Crippen LogP contribution in [0.2, 0.25) is 0 Å². The molecular weight excluding hydrogens is 1680 g/mol. The molecule has 138 heavy (non-hydrogen) atoms. The van der Waals surface area contributed by atoms with E-state index in [-0.39, 0.29) is 0 Å². The van der Waals surface area contributed by atoms with Crippen LogP contribution in [0.4, 0.5) is 0 Å². The molecule has 13 nitrogen and oxygen atoms in total. The summed E-state index contributed by atoms with van der Waals surface area (Å²) in [6.45, 7) is 0. The average molecular weight is 1770 g/mol. The van der Waals surface area contributed by atoms with Crippen LogP contribution in [0.1, 0.15) is 0 Å². The van der Waals surface area contributed by atoms with Crippen molar-refractivity contribution in [3.63, 3.8) is 0 Å². The SMILES string of the molecule is c1ccc(-c2ccc(-c3cc(-c4ccc(-c5ccncc5)cc4)nc(-c4ccc(-c5cnc6ccccc6c5)cc4)n3)nc2)cc1.c1ccc(-c2cccc(-c3cc(-c4cccc(-c5ccccc5)c4)nc(-c4ccc(-c5cccc6ncccc56)cc4)n3)c2)cc1.c1ccc(-c2cccc(-c3cc(-c4cccc(-c5ccccn5)c4)nc(-c4ccc(-c5cccc6ncccc56)cc4)n3)c2)nc1. The number of hydrogen-bond acceptors (Lipinski definition) is 13. The normalized spacial score (nSPS) is 11.0. The Bertz CT molecular complexity index is 7790. The number of hydrogen-bond donors (Lipinski definition) is 0. The van der Waals surface area contributed by atoms with Crippen molar-refractivity contribution in [3.05, 3.63) is 505 Å². The first kappa shape index (κ1) is 84.7. The Hall–Kier alpha value is -18.9. The van der Waals surface area contributed by atoms with Crippen molar-refractivity contribution >= 4 is 32.7 Å². The van der Waals surface area contributed by atoms with E-state index in [1.165, 1.54) is 11.1 Å². The minimum Gasteiger partial charge on any atom is -0.265 e. The average Bonchev–Trinajstić information content (AvgIpc) is 0.786. The van der Waals surface area contributed by atoms with E-state index in [0.29, 0.717) is 17.5 Å². The molecular formula is C125H83N13. The molecule has 0 saturated carbocycles. The van der Waals surface area contributed by atoms with Gasteiger partial charge in [0.25, 0.3) is 0 Å². The zero-order valence-electron chi connectivity index (χ0n) is 74.7. The fourth-order valence-electron chi connectivity index (χ4n) is 17.4. The van der Waals surface area contributed by atoms with Gasteiger partial charge in [0, 0.05) is 132 Å². The van der Waals surface area contributed by atoms with Gasteiger partial charge in [-0.1, -0.05) is 334 Å². The Morgan fingerprint density at radius 3 is 0.899 bits per heavy atom. The van der Waals surface area contributed by atoms with Gasteiger partial charge < -0.3 is 0 Å². The maximum Gasteiger partial charge on any atom is 0.160 e. The van der Waals surface area contributed by atoms with Crippen LogP contribution in [-0.4, -0.2) is 64.8 Å². The molecule has 24 aromatic rings. The second-order valence-electron chi connectivity index (χ2n) is 33.4. The zero-order chi connectivity index (χ0) is 92.1. The zero-order valence-corrected chi connectivity index (χ0v) is 74.7. The van der Waals surface area contributed by atoms with Crippen molar-refractivity contribution in [2.75, 3.05) is 0 Å². The highest BCUT2D eigenvalue weighted by atomic mass is 14.9. The van der Waals surface area contributed by atoms with E-state index in [9.17, 15) is 0 Å². The van der Waals surface area contributed by atoms with E-state index in [1.54, 1.807) is 0 Å². The van der Waals surface area contributed by atoms with Crippen LogP contribution in [0.3, 0.4) is 0 Å². The van der Waals surface area contributed by atoms with Gasteiger partial charge in [-0.25, -0.2) is 29.9 Å². The van der Waals surface area contributed by atoms with Crippen LogP contribution in [0.15, 0.2) is 505 Å². The molecule has 0 unspecified atom stereocenters. The third-order valence-corrected chi connectivity index (χ3v) is 24.5. The molecule has 0 aliphatic rings. The van der Waals surface area contributed by atoms with Gasteiger partial charge in [-0.05, 0) is 188 Å². The van der Waals surface area contributed by atoms with Crippen molar-refractivity contribution < 1.29 is 0 Å². The summed E-state index contributed by atoms with van der Waals surface area (Å²) < 4.78 is 0. The van der Waals surface area contributed by atoms with Crippen LogP contribution in [0.5, 0.6) is 0 Å². The van der Waals surface area contributed by atoms with E-state index in [0.717, 1.165) is 206 Å². The molecule has 14 aromatic carbocycles. The Balaban J connectivity index is 0.000000119. The number of benzene rings is 14. The van der Waals surface area contributed by atoms with Gasteiger partial charge in [0.2, 0.25) is 0 Å². The summed E-state index contributed by atoms with van der Waals surface area (Å²) in [5, 5.41) is 3.37. The number of nitrogens with zero attached hydrogens (tertiary/aromatic N) is 13. The number of para-hydroxylation sites is 1. The molecule has 0 radical (unpaired) electrons. The molecule has 0 fully saturated rings. The van der Waals surface area contributed by atoms with Gasteiger partial charge in [-0.15, -0.1) is 0 Å². The Morgan fingerprint density at radius 2 is 0.449 bits per heavy atom. The maximum atomic E-state index is 5.15. The first-order chi connectivity index (χ1) is 68.3. The molecule has 13 heteroatoms. The minimum atomic E-state index is 0.642. The van der Waals surface area contributed by atoms with Crippen molar-refractivity contribution in [2.24, 2.45) is 0 Å². The fourth-order valence-corrected chi connectivity index (χ4v) is 17.4. The summed E-state index contributed by atoms with van der Waals surface area (Å²) in [4.78, 5) is 62.4. The standard InChI is InChI=1S/C43H29N3.2C41H27N5/c1-3-11-30(12-4-1)34-15-7-17-36(27-34)41-29-42(37-18-8-16-35(28-37)31-13-5-2-6-14-31)46-43(45-41)33-24-22-32(23-25-33)38-19-9-21-40-39(38)20-10-26-44-40;1-3-22-42-36(15-1)30-9-5-11-32(25-30)39-27-40(33-12-6-10-31(26-33)37-16-2-4-23-43-37)46-41(45-39)29-20-18-28(19-21-29)34-13-7-17-38-35(34)14-8-24-44-38;1-2-6-28(7-3-1)35-18-19-38(44-26-35)40-25-39(32-14-10-29(11-15-32)31-20-22-42-23-21-31)45-41(46-40)33-16-12-30(13-17-33)36-24-34-8-4-5-9-37(34)43-27-36/h1-29H;2*1-27H. The molecule has 0 spiro atoms. The highest BCUT2D eigenvalue weighted by Crippen LogP contribution is 2.40. The van der Waals surface area contributed by atoms with E-state index in [2.05, 4.69) is 351 Å². The monoisotopic (exact) mass is 1770 g/mol. The first-order valence-electron chi connectivity index (χ1n) is 45.7. The summed E-state index contributed by atoms with van der Waals surface area (Å²) in [6, 6.07) is 156. The van der Waals surface area contributed by atoms with Crippen LogP contribution in [0.25, 0.3) is 235 Å². The topological polar surface area (TPSA) is 168 Å². The third kappa shape index (κ3) is 18.9. The minimum absolute atomic E-state index is 0.642. The smallest absolute Gasteiger partial charge is 0.160 e. The molecule has 648 valence electrons. The van der Waals surface area contributed by atoms with Crippen molar-refractivity contribution in [3.8, 4) is 202 Å². The lowest BCUT2D eigenvalue weighted by molar-refractivity contribution is 1.16. The predicted molar refractivity (Wildman–Crippen MR) is 561 cm³/mol. The van der Waals surface area contributed by atoms with Gasteiger partial charge in [0.15, 0.2) is 17.5 Å². The van der Waals surface area contributed by atoms with Gasteiger partial charge in [-0.2, -0.15) is 0 Å². The van der Waals surface area contributed by atoms with E-state index in [1.807, 2.05) is 183 Å². The van der Waals surface area contributed by atoms with Crippen molar-refractivity contribution in [1.82, 2.24) is 64.8 Å². The molecule has 0 amide bonds. The molecule has 24 rings (SSSR count). The van der Waals surface area contributed by atoms with Crippen LogP contribution >= 0.6 is 0 Å². The number of fused-ring (bicyclic) bond motifs is 3. The van der Waals surface area contributed by atoms with E-state index in [4.69, 9.17) is 34.9 Å². The largest absolute Gasteiger partial charge is 0.265 e. The quantitative estimate of drug-likeness (QED) is 0.0797. The second kappa shape index (κ2) is 39.3. The molecule has 0 atom stereocenters. The molecule has 0 N–H and O–H groups in total. The lowest BCUT2D eigenvalue weighted by Crippen LogP contribution is -1.97. The Morgan fingerprint density at radius 1 is 0.130 bits per heavy atom. The first-order valence-corrected chi connectivity index (χ1v) is 45.7. The molecule has 0 saturated heterocycles. The molecule has 10 aromatic heterocycles. The maximum absolute atomic E-state index is 5.15. The second-order valence-corrected chi connectivity index (χ2v) is 33.4. The predicted octanol–water partition coefficient (Wildman–Crippen LogP) is 30.7. The molecule has 0 aliphatic heterocycles. The highest BCUT2D eigenvalue weighted by molar-refractivity contribution is 5.97. The number of rotatable bonds is 18. The Labute approximate surface area is 798 Å².